The average molecular weight is 139 g/mol. The molecule has 0 saturated carbocycles. The summed E-state index contributed by atoms with van der Waals surface area (Å²) in [6, 6.07) is 4.73. The van der Waals surface area contributed by atoms with E-state index in [2.05, 4.69) is 11.1 Å². The van der Waals surface area contributed by atoms with Crippen LogP contribution in [0.25, 0.3) is 0 Å². The van der Waals surface area contributed by atoms with Crippen LogP contribution in [-0.4, -0.2) is 10.9 Å². The molecule has 2 N–H and O–H groups in total. The molecule has 0 atom stereocenters. The van der Waals surface area contributed by atoms with Crippen LogP contribution in [0.1, 0.15) is 10.5 Å². The predicted octanol–water partition coefficient (Wildman–Crippen LogP) is 0.120. The number of carbonyl (C=O) groups excluding carboxylic acids is 1. The molecule has 1 radical (unpaired) electrons. The van der Waals surface area contributed by atoms with Gasteiger partial charge in [-0.2, -0.15) is 4.39 Å². The quantitative estimate of drug-likeness (QED) is 0.562. The summed E-state index contributed by atoms with van der Waals surface area (Å²) in [5.41, 5.74) is 4.60. The van der Waals surface area contributed by atoms with Crippen molar-refractivity contribution in [1.82, 2.24) is 4.98 Å². The van der Waals surface area contributed by atoms with E-state index in [1.807, 2.05) is 0 Å². The van der Waals surface area contributed by atoms with Gasteiger partial charge < -0.3 is 5.73 Å². The third kappa shape index (κ3) is 1.28. The summed E-state index contributed by atoms with van der Waals surface area (Å²) in [4.78, 5) is 13.5. The van der Waals surface area contributed by atoms with Gasteiger partial charge in [-0.3, -0.25) is 4.79 Å². The highest BCUT2D eigenvalue weighted by molar-refractivity contribution is 5.90. The van der Waals surface area contributed by atoms with Crippen molar-refractivity contribution in [3.8, 4) is 0 Å². The maximum absolute atomic E-state index is 12.2. The fourth-order valence-electron chi connectivity index (χ4n) is 0.492. The van der Waals surface area contributed by atoms with Crippen LogP contribution in [0.4, 0.5) is 4.39 Å². The number of pyridine rings is 1. The maximum Gasteiger partial charge on any atom is 0.268 e. The molecule has 1 amide bonds. The van der Waals surface area contributed by atoms with Crippen molar-refractivity contribution >= 4 is 5.91 Å². The third-order valence-corrected chi connectivity index (χ3v) is 0.893. The van der Waals surface area contributed by atoms with Crippen molar-refractivity contribution in [2.75, 3.05) is 0 Å². The zero-order valence-electron chi connectivity index (χ0n) is 4.97. The molecule has 1 aromatic heterocycles. The molecule has 0 spiro atoms. The van der Waals surface area contributed by atoms with Gasteiger partial charge in [-0.25, -0.2) is 4.98 Å². The lowest BCUT2D eigenvalue weighted by atomic mass is 10.3. The number of nitrogens with two attached hydrogens (primary N) is 1. The Morgan fingerprint density at radius 3 is 2.90 bits per heavy atom. The van der Waals surface area contributed by atoms with Gasteiger partial charge in [0.2, 0.25) is 5.95 Å². The molecule has 0 aromatic carbocycles. The van der Waals surface area contributed by atoms with E-state index >= 15 is 0 Å². The first-order valence-electron chi connectivity index (χ1n) is 2.54. The molecule has 0 aliphatic carbocycles. The average Bonchev–Trinajstić information content (AvgIpc) is 1.88. The van der Waals surface area contributed by atoms with E-state index in [1.54, 1.807) is 0 Å². The number of halogens is 1. The molecule has 1 heterocycles. The molecule has 1 rings (SSSR count). The van der Waals surface area contributed by atoms with E-state index < -0.39 is 11.9 Å². The van der Waals surface area contributed by atoms with E-state index in [4.69, 9.17) is 5.73 Å². The highest BCUT2D eigenvalue weighted by Crippen LogP contribution is 1.94. The lowest BCUT2D eigenvalue weighted by Gasteiger charge is -1.90. The molecule has 1 aromatic rings. The lowest BCUT2D eigenvalue weighted by molar-refractivity contribution is 0.0994. The Kier molecular flexibility index (Phi) is 1.62. The van der Waals surface area contributed by atoms with E-state index in [-0.39, 0.29) is 5.69 Å². The van der Waals surface area contributed by atoms with Gasteiger partial charge in [0.25, 0.3) is 5.91 Å². The van der Waals surface area contributed by atoms with Gasteiger partial charge in [0.15, 0.2) is 0 Å². The molecule has 0 aliphatic rings. The van der Waals surface area contributed by atoms with E-state index in [1.165, 1.54) is 6.07 Å². The van der Waals surface area contributed by atoms with E-state index in [9.17, 15) is 9.18 Å². The summed E-state index contributed by atoms with van der Waals surface area (Å²) >= 11 is 0. The summed E-state index contributed by atoms with van der Waals surface area (Å²) < 4.78 is 12.2. The van der Waals surface area contributed by atoms with Gasteiger partial charge in [0, 0.05) is 6.07 Å². The van der Waals surface area contributed by atoms with Crippen molar-refractivity contribution < 1.29 is 9.18 Å². The third-order valence-electron chi connectivity index (χ3n) is 0.893. The summed E-state index contributed by atoms with van der Waals surface area (Å²) in [5, 5.41) is 0. The number of carbonyl (C=O) groups is 1. The van der Waals surface area contributed by atoms with Crippen molar-refractivity contribution in [2.45, 2.75) is 0 Å². The van der Waals surface area contributed by atoms with Crippen LogP contribution in [0.2, 0.25) is 0 Å². The second-order valence-corrected chi connectivity index (χ2v) is 1.63. The Morgan fingerprint density at radius 1 is 1.80 bits per heavy atom. The Labute approximate surface area is 56.7 Å². The van der Waals surface area contributed by atoms with Gasteiger partial charge in [-0.1, -0.05) is 0 Å². The molecule has 3 nitrogen and oxygen atoms in total. The van der Waals surface area contributed by atoms with Gasteiger partial charge in [-0.05, 0) is 12.1 Å². The molecular weight excluding hydrogens is 135 g/mol. The normalized spacial score (nSPS) is 9.30. The first-order valence-corrected chi connectivity index (χ1v) is 2.54. The SMILES string of the molecule is NC(=O)c1[c]ccc(F)n1. The van der Waals surface area contributed by atoms with Gasteiger partial charge >= 0.3 is 0 Å². The number of primary amides is 1. The van der Waals surface area contributed by atoms with Crippen LogP contribution in [0, 0.1) is 12.0 Å². The summed E-state index contributed by atoms with van der Waals surface area (Å²) in [5.74, 6) is -1.51. The minimum Gasteiger partial charge on any atom is -0.364 e. The van der Waals surface area contributed by atoms with Crippen LogP contribution in [-0.2, 0) is 0 Å². The monoisotopic (exact) mass is 139 g/mol. The molecule has 10 heavy (non-hydrogen) atoms. The van der Waals surface area contributed by atoms with Crippen molar-refractivity contribution in [2.24, 2.45) is 5.73 Å². The number of aromatic nitrogens is 1. The minimum absolute atomic E-state index is 0.181. The topological polar surface area (TPSA) is 56.0 Å². The largest absolute Gasteiger partial charge is 0.364 e. The van der Waals surface area contributed by atoms with Crippen LogP contribution in [0.3, 0.4) is 0 Å². The standard InChI is InChI=1S/C6H4FN2O/c7-5-3-1-2-4(9-5)6(8)10/h1,3H,(H2,8,10). The first-order chi connectivity index (χ1) is 4.70. The van der Waals surface area contributed by atoms with E-state index in [0.29, 0.717) is 0 Å². The van der Waals surface area contributed by atoms with Crippen LogP contribution < -0.4 is 5.73 Å². The second-order valence-electron chi connectivity index (χ2n) is 1.63. The predicted molar refractivity (Wildman–Crippen MR) is 31.5 cm³/mol. The zero-order chi connectivity index (χ0) is 7.56. The summed E-state index contributed by atoms with van der Waals surface area (Å²) in [6.07, 6.45) is 0. The molecule has 0 fully saturated rings. The Hall–Kier alpha value is -1.45. The van der Waals surface area contributed by atoms with Gasteiger partial charge in [0.1, 0.15) is 5.69 Å². The fourth-order valence-corrected chi connectivity index (χ4v) is 0.492. The molecule has 0 saturated heterocycles. The number of hydrogen-bond donors (Lipinski definition) is 1. The summed E-state index contributed by atoms with van der Waals surface area (Å²) in [6.45, 7) is 0. The Morgan fingerprint density at radius 2 is 2.50 bits per heavy atom. The molecule has 4 heteroatoms. The molecule has 0 unspecified atom stereocenters. The number of rotatable bonds is 1. The minimum atomic E-state index is -0.778. The molecule has 51 valence electrons. The highest BCUT2D eigenvalue weighted by Gasteiger charge is 2.01. The van der Waals surface area contributed by atoms with Crippen LogP contribution >= 0.6 is 0 Å². The number of hydrogen-bond acceptors (Lipinski definition) is 2. The zero-order valence-corrected chi connectivity index (χ0v) is 4.97. The van der Waals surface area contributed by atoms with Gasteiger partial charge in [0.05, 0.1) is 0 Å². The van der Waals surface area contributed by atoms with Crippen molar-refractivity contribution in [3.05, 3.63) is 29.8 Å². The Balaban J connectivity index is 3.07. The fraction of sp³-hybridized carbons (Fsp3) is 0. The highest BCUT2D eigenvalue weighted by atomic mass is 19.1. The maximum atomic E-state index is 12.2. The molecular formula is C6H4FN2O. The summed E-state index contributed by atoms with van der Waals surface area (Å²) in [7, 11) is 0. The molecule has 0 aliphatic heterocycles. The van der Waals surface area contributed by atoms with E-state index in [0.717, 1.165) is 6.07 Å². The number of amides is 1. The Bertz CT molecular complexity index is 262. The van der Waals surface area contributed by atoms with Crippen LogP contribution in [0.15, 0.2) is 12.1 Å². The second kappa shape index (κ2) is 2.43. The first kappa shape index (κ1) is 6.67. The van der Waals surface area contributed by atoms with Crippen LogP contribution in [0.5, 0.6) is 0 Å². The lowest BCUT2D eigenvalue weighted by Crippen LogP contribution is -2.13. The van der Waals surface area contributed by atoms with Crippen molar-refractivity contribution in [3.63, 3.8) is 0 Å². The smallest absolute Gasteiger partial charge is 0.268 e. The van der Waals surface area contributed by atoms with Crippen molar-refractivity contribution in [1.29, 1.82) is 0 Å². The molecule has 0 bridgehead atoms. The number of nitrogens with zero attached hydrogens (tertiary/aromatic N) is 1. The van der Waals surface area contributed by atoms with Gasteiger partial charge in [-0.15, -0.1) is 0 Å².